The van der Waals surface area contributed by atoms with Crippen molar-refractivity contribution in [3.05, 3.63) is 0 Å². The van der Waals surface area contributed by atoms with Crippen molar-refractivity contribution in [2.45, 2.75) is 58.3 Å². The Labute approximate surface area is 104 Å². The van der Waals surface area contributed by atoms with E-state index >= 15 is 0 Å². The Morgan fingerprint density at radius 1 is 1.07 bits per heavy atom. The van der Waals surface area contributed by atoms with E-state index in [9.17, 15) is 0 Å². The standard InChI is InChI=1S/C10H23IO2Si/c1-8(2)12-10(13-9(3)4)14-7-5-6-11/h8-10H,5-7,14H2,1-4H3. The van der Waals surface area contributed by atoms with Crippen LogP contribution in [0.25, 0.3) is 0 Å². The van der Waals surface area contributed by atoms with Gasteiger partial charge in [-0.05, 0) is 38.5 Å². The Morgan fingerprint density at radius 2 is 1.57 bits per heavy atom. The molecular formula is C10H23IO2Si. The number of halogens is 1. The maximum atomic E-state index is 5.74. The first-order chi connectivity index (χ1) is 6.56. The van der Waals surface area contributed by atoms with Gasteiger partial charge in [-0.3, -0.25) is 0 Å². The van der Waals surface area contributed by atoms with Crippen LogP contribution in [0, 0.1) is 0 Å². The largest absolute Gasteiger partial charge is 0.354 e. The van der Waals surface area contributed by atoms with Gasteiger partial charge in [0.05, 0.1) is 21.7 Å². The molecule has 0 saturated carbocycles. The molecular weight excluding hydrogens is 307 g/mol. The third-order valence-electron chi connectivity index (χ3n) is 1.67. The van der Waals surface area contributed by atoms with Crippen LogP contribution in [0.3, 0.4) is 0 Å². The molecule has 0 aromatic rings. The lowest BCUT2D eigenvalue weighted by molar-refractivity contribution is -0.134. The maximum Gasteiger partial charge on any atom is 0.135 e. The Kier molecular flexibility index (Phi) is 9.68. The van der Waals surface area contributed by atoms with Crippen LogP contribution in [0.2, 0.25) is 6.04 Å². The van der Waals surface area contributed by atoms with Crippen LogP contribution in [0.4, 0.5) is 0 Å². The molecule has 0 bridgehead atoms. The molecule has 0 fully saturated rings. The van der Waals surface area contributed by atoms with Crippen molar-refractivity contribution in [1.29, 1.82) is 0 Å². The molecule has 0 radical (unpaired) electrons. The summed E-state index contributed by atoms with van der Waals surface area (Å²) >= 11 is 2.43. The summed E-state index contributed by atoms with van der Waals surface area (Å²) in [6.07, 6.45) is 1.88. The van der Waals surface area contributed by atoms with E-state index in [1.165, 1.54) is 16.9 Å². The quantitative estimate of drug-likeness (QED) is 0.224. The lowest BCUT2D eigenvalue weighted by Gasteiger charge is -2.22. The summed E-state index contributed by atoms with van der Waals surface area (Å²) in [5.74, 6) is 0.123. The minimum atomic E-state index is -0.221. The van der Waals surface area contributed by atoms with Gasteiger partial charge in [-0.15, -0.1) is 0 Å². The summed E-state index contributed by atoms with van der Waals surface area (Å²) in [6, 6.07) is 1.33. The minimum absolute atomic E-state index is 0.123. The zero-order valence-electron chi connectivity index (χ0n) is 9.75. The molecule has 0 aliphatic heterocycles. The summed E-state index contributed by atoms with van der Waals surface area (Å²) in [7, 11) is -0.221. The second kappa shape index (κ2) is 9.12. The Morgan fingerprint density at radius 3 is 1.93 bits per heavy atom. The van der Waals surface area contributed by atoms with Crippen molar-refractivity contribution < 1.29 is 9.47 Å². The maximum absolute atomic E-state index is 5.74. The summed E-state index contributed by atoms with van der Waals surface area (Å²) < 4.78 is 12.7. The highest BCUT2D eigenvalue weighted by molar-refractivity contribution is 14.1. The van der Waals surface area contributed by atoms with Crippen LogP contribution in [0.1, 0.15) is 34.1 Å². The van der Waals surface area contributed by atoms with Gasteiger partial charge in [0.2, 0.25) is 0 Å². The van der Waals surface area contributed by atoms with Gasteiger partial charge in [0.1, 0.15) is 5.91 Å². The molecule has 86 valence electrons. The van der Waals surface area contributed by atoms with Gasteiger partial charge in [-0.2, -0.15) is 0 Å². The van der Waals surface area contributed by atoms with Crippen molar-refractivity contribution in [2.24, 2.45) is 0 Å². The van der Waals surface area contributed by atoms with E-state index in [1.807, 2.05) is 0 Å². The number of hydrogen-bond acceptors (Lipinski definition) is 2. The van der Waals surface area contributed by atoms with E-state index in [-0.39, 0.29) is 27.6 Å². The first-order valence-corrected chi connectivity index (χ1v) is 8.77. The molecule has 4 heteroatoms. The average Bonchev–Trinajstić information content (AvgIpc) is 2.02. The lowest BCUT2D eigenvalue weighted by atomic mass is 10.5. The summed E-state index contributed by atoms with van der Waals surface area (Å²) in [5, 5.41) is 0. The molecule has 0 amide bonds. The second-order valence-corrected chi connectivity index (χ2v) is 7.01. The summed E-state index contributed by atoms with van der Waals surface area (Å²) in [4.78, 5) is 0. The fourth-order valence-corrected chi connectivity index (χ4v) is 4.65. The van der Waals surface area contributed by atoms with Crippen LogP contribution < -0.4 is 0 Å². The number of rotatable bonds is 8. The van der Waals surface area contributed by atoms with Gasteiger partial charge in [-0.25, -0.2) is 0 Å². The Bertz CT molecular complexity index is 121. The predicted octanol–water partition coefficient (Wildman–Crippen LogP) is 2.53. The molecule has 14 heavy (non-hydrogen) atoms. The highest BCUT2D eigenvalue weighted by atomic mass is 127. The van der Waals surface area contributed by atoms with Gasteiger partial charge >= 0.3 is 0 Å². The van der Waals surface area contributed by atoms with Crippen molar-refractivity contribution in [3.8, 4) is 0 Å². The number of ether oxygens (including phenoxy) is 2. The molecule has 0 N–H and O–H groups in total. The van der Waals surface area contributed by atoms with Crippen molar-refractivity contribution in [2.75, 3.05) is 4.43 Å². The van der Waals surface area contributed by atoms with Crippen molar-refractivity contribution in [1.82, 2.24) is 0 Å². The zero-order valence-corrected chi connectivity index (χ0v) is 13.3. The molecule has 0 heterocycles. The molecule has 0 unspecified atom stereocenters. The molecule has 2 nitrogen and oxygen atoms in total. The first-order valence-electron chi connectivity index (χ1n) is 5.43. The highest BCUT2D eigenvalue weighted by Gasteiger charge is 2.13. The molecule has 0 aromatic carbocycles. The van der Waals surface area contributed by atoms with Gasteiger partial charge in [-0.1, -0.05) is 28.6 Å². The van der Waals surface area contributed by atoms with E-state index in [0.29, 0.717) is 0 Å². The van der Waals surface area contributed by atoms with Crippen LogP contribution in [0.15, 0.2) is 0 Å². The monoisotopic (exact) mass is 330 g/mol. The number of hydrogen-bond donors (Lipinski definition) is 0. The van der Waals surface area contributed by atoms with Crippen LogP contribution >= 0.6 is 22.6 Å². The normalized spacial score (nSPS) is 12.9. The van der Waals surface area contributed by atoms with Crippen LogP contribution in [0.5, 0.6) is 0 Å². The first kappa shape index (κ1) is 14.9. The van der Waals surface area contributed by atoms with E-state index in [0.717, 1.165) is 0 Å². The van der Waals surface area contributed by atoms with Gasteiger partial charge < -0.3 is 9.47 Å². The fourth-order valence-electron chi connectivity index (χ4n) is 1.18. The molecule has 0 atom stereocenters. The average molecular weight is 330 g/mol. The zero-order chi connectivity index (χ0) is 11.0. The minimum Gasteiger partial charge on any atom is -0.354 e. The third kappa shape index (κ3) is 9.42. The van der Waals surface area contributed by atoms with Gasteiger partial charge in [0.15, 0.2) is 0 Å². The summed E-state index contributed by atoms with van der Waals surface area (Å²) in [6.45, 7) is 8.29. The third-order valence-corrected chi connectivity index (χ3v) is 4.20. The van der Waals surface area contributed by atoms with E-state index in [1.54, 1.807) is 0 Å². The topological polar surface area (TPSA) is 18.5 Å². The van der Waals surface area contributed by atoms with Crippen molar-refractivity contribution in [3.63, 3.8) is 0 Å². The lowest BCUT2D eigenvalue weighted by Crippen LogP contribution is -2.30. The molecule has 0 saturated heterocycles. The van der Waals surface area contributed by atoms with Crippen molar-refractivity contribution >= 4 is 32.1 Å². The highest BCUT2D eigenvalue weighted by Crippen LogP contribution is 2.06. The number of alkyl halides is 1. The Balaban J connectivity index is 3.72. The van der Waals surface area contributed by atoms with E-state index in [4.69, 9.17) is 9.47 Å². The fraction of sp³-hybridized carbons (Fsp3) is 1.00. The van der Waals surface area contributed by atoms with Gasteiger partial charge in [0.25, 0.3) is 0 Å². The Hall–Kier alpha value is 0.867. The predicted molar refractivity (Wildman–Crippen MR) is 73.1 cm³/mol. The van der Waals surface area contributed by atoms with E-state index in [2.05, 4.69) is 50.3 Å². The van der Waals surface area contributed by atoms with Crippen LogP contribution in [-0.2, 0) is 9.47 Å². The van der Waals surface area contributed by atoms with Crippen LogP contribution in [-0.4, -0.2) is 32.1 Å². The smallest absolute Gasteiger partial charge is 0.135 e. The molecule has 0 aromatic heterocycles. The summed E-state index contributed by atoms with van der Waals surface area (Å²) in [5.41, 5.74) is 0. The molecule has 0 aliphatic carbocycles. The molecule has 0 spiro atoms. The molecule has 0 rings (SSSR count). The van der Waals surface area contributed by atoms with E-state index < -0.39 is 0 Å². The van der Waals surface area contributed by atoms with Gasteiger partial charge in [0, 0.05) is 0 Å². The second-order valence-electron chi connectivity index (χ2n) is 3.98. The SMILES string of the molecule is CC(C)OC(OC(C)C)[SiH2]CCCI. The molecule has 0 aliphatic rings.